The average Bonchev–Trinajstić information content (AvgIpc) is 2.10. The Bertz CT molecular complexity index is 297. The summed E-state index contributed by atoms with van der Waals surface area (Å²) in [5.41, 5.74) is 6.33. The Morgan fingerprint density at radius 3 is 2.47 bits per heavy atom. The van der Waals surface area contributed by atoms with E-state index in [2.05, 4.69) is 15.3 Å². The second-order valence-corrected chi connectivity index (χ2v) is 3.91. The van der Waals surface area contributed by atoms with Crippen LogP contribution >= 0.6 is 0 Å². The maximum Gasteiger partial charge on any atom is 0.242 e. The van der Waals surface area contributed by atoms with Gasteiger partial charge in [-0.1, -0.05) is 0 Å². The van der Waals surface area contributed by atoms with E-state index < -0.39 is 0 Å². The van der Waals surface area contributed by atoms with Gasteiger partial charge in [-0.15, -0.1) is 0 Å². The van der Waals surface area contributed by atoms with E-state index in [0.29, 0.717) is 17.4 Å². The molecule has 0 saturated heterocycles. The van der Waals surface area contributed by atoms with Crippen molar-refractivity contribution in [3.05, 3.63) is 6.33 Å². The number of anilines is 2. The quantitative estimate of drug-likeness (QED) is 0.790. The van der Waals surface area contributed by atoms with Crippen molar-refractivity contribution >= 4 is 11.5 Å². The Kier molecular flexibility index (Phi) is 3.71. The molecule has 0 atom stereocenters. The fraction of sp³-hybridized carbons (Fsp3) is 0.600. The van der Waals surface area contributed by atoms with Gasteiger partial charge in [0.1, 0.15) is 12.0 Å². The van der Waals surface area contributed by atoms with E-state index in [1.165, 1.54) is 6.33 Å². The minimum absolute atomic E-state index is 0.0501. The highest BCUT2D eigenvalue weighted by Crippen LogP contribution is 2.25. The van der Waals surface area contributed by atoms with Gasteiger partial charge in [0.25, 0.3) is 0 Å². The molecule has 0 aromatic carbocycles. The molecule has 1 aromatic heterocycles. The fourth-order valence-corrected chi connectivity index (χ4v) is 1.09. The highest BCUT2D eigenvalue weighted by atomic mass is 16.5. The summed E-state index contributed by atoms with van der Waals surface area (Å²) in [5, 5.41) is 3.13. The molecule has 5 heteroatoms. The topological polar surface area (TPSA) is 73.1 Å². The minimum atomic E-state index is 0.0501. The van der Waals surface area contributed by atoms with E-state index in [0.717, 1.165) is 0 Å². The van der Waals surface area contributed by atoms with Gasteiger partial charge in [0.15, 0.2) is 5.82 Å². The van der Waals surface area contributed by atoms with Gasteiger partial charge >= 0.3 is 0 Å². The molecular weight excluding hydrogens is 192 g/mol. The molecule has 5 nitrogen and oxygen atoms in total. The van der Waals surface area contributed by atoms with Crippen LogP contribution in [0.1, 0.15) is 27.7 Å². The first-order valence-electron chi connectivity index (χ1n) is 5.04. The SMILES string of the molecule is CC(C)Nc1ncnc(OC(C)C)c1N. The zero-order valence-corrected chi connectivity index (χ0v) is 9.61. The lowest BCUT2D eigenvalue weighted by molar-refractivity contribution is 0.234. The van der Waals surface area contributed by atoms with Crippen LogP contribution in [0.15, 0.2) is 6.33 Å². The Hall–Kier alpha value is -1.52. The minimum Gasteiger partial charge on any atom is -0.473 e. The predicted molar refractivity (Wildman–Crippen MR) is 61.0 cm³/mol. The molecule has 15 heavy (non-hydrogen) atoms. The van der Waals surface area contributed by atoms with Gasteiger partial charge in [0.05, 0.1) is 6.10 Å². The molecule has 0 saturated carbocycles. The summed E-state index contributed by atoms with van der Waals surface area (Å²) in [6.07, 6.45) is 1.49. The van der Waals surface area contributed by atoms with Crippen molar-refractivity contribution in [1.29, 1.82) is 0 Å². The monoisotopic (exact) mass is 210 g/mol. The Balaban J connectivity index is 2.90. The molecule has 84 valence electrons. The molecule has 1 heterocycles. The first-order chi connectivity index (χ1) is 7.00. The Morgan fingerprint density at radius 2 is 1.93 bits per heavy atom. The zero-order valence-electron chi connectivity index (χ0n) is 9.61. The molecule has 0 aliphatic rings. The zero-order chi connectivity index (χ0) is 11.4. The van der Waals surface area contributed by atoms with Gasteiger partial charge in [-0.05, 0) is 27.7 Å². The van der Waals surface area contributed by atoms with E-state index >= 15 is 0 Å². The van der Waals surface area contributed by atoms with Gasteiger partial charge in [-0.25, -0.2) is 4.98 Å². The molecule has 0 bridgehead atoms. The maximum atomic E-state index is 5.87. The van der Waals surface area contributed by atoms with Crippen LogP contribution in [0.2, 0.25) is 0 Å². The number of nitrogen functional groups attached to an aromatic ring is 1. The van der Waals surface area contributed by atoms with Crippen LogP contribution in [-0.2, 0) is 0 Å². The molecule has 0 aliphatic carbocycles. The molecule has 0 fully saturated rings. The largest absolute Gasteiger partial charge is 0.473 e. The fourth-order valence-electron chi connectivity index (χ4n) is 1.09. The molecule has 0 unspecified atom stereocenters. The van der Waals surface area contributed by atoms with Crippen molar-refractivity contribution < 1.29 is 4.74 Å². The van der Waals surface area contributed by atoms with Crippen molar-refractivity contribution in [3.63, 3.8) is 0 Å². The lowest BCUT2D eigenvalue weighted by atomic mass is 10.3. The summed E-state index contributed by atoms with van der Waals surface area (Å²) in [6, 6.07) is 0.272. The number of hydrogen-bond acceptors (Lipinski definition) is 5. The molecule has 0 spiro atoms. The smallest absolute Gasteiger partial charge is 0.242 e. The predicted octanol–water partition coefficient (Wildman–Crippen LogP) is 1.67. The summed E-state index contributed by atoms with van der Waals surface area (Å²) in [4.78, 5) is 8.05. The van der Waals surface area contributed by atoms with Gasteiger partial charge in [0, 0.05) is 6.04 Å². The molecule has 3 N–H and O–H groups in total. The van der Waals surface area contributed by atoms with Crippen molar-refractivity contribution in [2.24, 2.45) is 0 Å². The second kappa shape index (κ2) is 4.82. The van der Waals surface area contributed by atoms with Crippen LogP contribution in [0, 0.1) is 0 Å². The molecule has 1 aromatic rings. The van der Waals surface area contributed by atoms with Crippen molar-refractivity contribution in [2.45, 2.75) is 39.8 Å². The number of hydrogen-bond donors (Lipinski definition) is 2. The van der Waals surface area contributed by atoms with Crippen LogP contribution in [-0.4, -0.2) is 22.1 Å². The second-order valence-electron chi connectivity index (χ2n) is 3.91. The molecule has 0 aliphatic heterocycles. The van der Waals surface area contributed by atoms with E-state index in [4.69, 9.17) is 10.5 Å². The normalized spacial score (nSPS) is 10.8. The van der Waals surface area contributed by atoms with Crippen LogP contribution < -0.4 is 15.8 Å². The van der Waals surface area contributed by atoms with Crippen LogP contribution in [0.3, 0.4) is 0 Å². The summed E-state index contributed by atoms with van der Waals surface area (Å²) in [7, 11) is 0. The van der Waals surface area contributed by atoms with Crippen LogP contribution in [0.4, 0.5) is 11.5 Å². The number of rotatable bonds is 4. The lowest BCUT2D eigenvalue weighted by Crippen LogP contribution is -2.15. The van der Waals surface area contributed by atoms with Crippen molar-refractivity contribution in [1.82, 2.24) is 9.97 Å². The van der Waals surface area contributed by atoms with E-state index in [1.807, 2.05) is 27.7 Å². The summed E-state index contributed by atoms with van der Waals surface area (Å²) < 4.78 is 5.45. The van der Waals surface area contributed by atoms with Gasteiger partial charge < -0.3 is 15.8 Å². The van der Waals surface area contributed by atoms with Crippen molar-refractivity contribution in [3.8, 4) is 5.88 Å². The molecular formula is C10H18N4O. The summed E-state index contributed by atoms with van der Waals surface area (Å²) in [5.74, 6) is 1.05. The molecule has 1 rings (SSSR count). The Morgan fingerprint density at radius 1 is 1.27 bits per heavy atom. The van der Waals surface area contributed by atoms with E-state index in [-0.39, 0.29) is 12.1 Å². The number of nitrogens with two attached hydrogens (primary N) is 1. The average molecular weight is 210 g/mol. The number of ether oxygens (including phenoxy) is 1. The standard InChI is InChI=1S/C10H18N4O/c1-6(2)14-9-8(11)10(13-5-12-9)15-7(3)4/h5-7H,11H2,1-4H3,(H,12,13,14). The summed E-state index contributed by atoms with van der Waals surface area (Å²) >= 11 is 0. The Labute approximate surface area is 90.1 Å². The first-order valence-corrected chi connectivity index (χ1v) is 5.04. The lowest BCUT2D eigenvalue weighted by Gasteiger charge is -2.15. The molecule has 0 radical (unpaired) electrons. The van der Waals surface area contributed by atoms with Gasteiger partial charge in [0.2, 0.25) is 5.88 Å². The van der Waals surface area contributed by atoms with E-state index in [1.54, 1.807) is 0 Å². The number of nitrogens with one attached hydrogen (secondary N) is 1. The first kappa shape index (κ1) is 11.6. The van der Waals surface area contributed by atoms with Crippen LogP contribution in [0.25, 0.3) is 0 Å². The maximum absolute atomic E-state index is 5.87. The highest BCUT2D eigenvalue weighted by Gasteiger charge is 2.10. The van der Waals surface area contributed by atoms with E-state index in [9.17, 15) is 0 Å². The van der Waals surface area contributed by atoms with Crippen molar-refractivity contribution in [2.75, 3.05) is 11.1 Å². The third kappa shape index (κ3) is 3.27. The number of aromatic nitrogens is 2. The third-order valence-corrected chi connectivity index (χ3v) is 1.62. The number of nitrogens with zero attached hydrogens (tertiary/aromatic N) is 2. The van der Waals surface area contributed by atoms with Gasteiger partial charge in [-0.2, -0.15) is 4.98 Å². The summed E-state index contributed by atoms with van der Waals surface area (Å²) in [6.45, 7) is 7.89. The van der Waals surface area contributed by atoms with Crippen LogP contribution in [0.5, 0.6) is 5.88 Å². The van der Waals surface area contributed by atoms with Gasteiger partial charge in [-0.3, -0.25) is 0 Å². The highest BCUT2D eigenvalue weighted by molar-refractivity contribution is 5.66. The molecule has 0 amide bonds. The third-order valence-electron chi connectivity index (χ3n) is 1.62.